The van der Waals surface area contributed by atoms with Crippen LogP contribution in [0.3, 0.4) is 0 Å². The van der Waals surface area contributed by atoms with Crippen molar-refractivity contribution >= 4 is 17.5 Å². The van der Waals surface area contributed by atoms with E-state index in [1.54, 1.807) is 19.5 Å². The molecule has 0 aliphatic heterocycles. The highest BCUT2D eigenvalue weighted by Crippen LogP contribution is 2.28. The van der Waals surface area contributed by atoms with Gasteiger partial charge in [0.25, 0.3) is 0 Å². The van der Waals surface area contributed by atoms with Gasteiger partial charge in [-0.25, -0.2) is 4.98 Å². The van der Waals surface area contributed by atoms with Crippen LogP contribution in [-0.2, 0) is 0 Å². The fraction of sp³-hybridized carbons (Fsp3) is 0.250. The molecule has 3 rings (SSSR count). The van der Waals surface area contributed by atoms with Gasteiger partial charge in [0, 0.05) is 30.1 Å². The van der Waals surface area contributed by atoms with Crippen LogP contribution >= 0.6 is 0 Å². The lowest BCUT2D eigenvalue weighted by atomic mass is 10.2. The summed E-state index contributed by atoms with van der Waals surface area (Å²) < 4.78 is 5.41. The van der Waals surface area contributed by atoms with E-state index in [-0.39, 0.29) is 6.04 Å². The Balaban J connectivity index is 1.99. The topological polar surface area (TPSA) is 72.0 Å². The normalized spacial score (nSPS) is 11.7. The van der Waals surface area contributed by atoms with Gasteiger partial charge in [-0.05, 0) is 37.6 Å². The molecule has 6 heteroatoms. The molecule has 0 saturated carbocycles. The third-order valence-corrected chi connectivity index (χ3v) is 4.06. The third kappa shape index (κ3) is 4.27. The van der Waals surface area contributed by atoms with Crippen LogP contribution in [0.2, 0.25) is 0 Å². The van der Waals surface area contributed by atoms with Crippen molar-refractivity contribution in [1.82, 2.24) is 15.0 Å². The van der Waals surface area contributed by atoms with Crippen LogP contribution in [-0.4, -0.2) is 28.1 Å². The van der Waals surface area contributed by atoms with Crippen LogP contribution in [0.1, 0.15) is 20.3 Å². The summed E-state index contributed by atoms with van der Waals surface area (Å²) in [5.41, 5.74) is 2.66. The van der Waals surface area contributed by atoms with E-state index in [2.05, 4.69) is 39.4 Å². The first-order chi connectivity index (χ1) is 12.7. The number of nitrogens with zero attached hydrogens (tertiary/aromatic N) is 3. The van der Waals surface area contributed by atoms with E-state index in [0.717, 1.165) is 29.1 Å². The Morgan fingerprint density at radius 2 is 1.85 bits per heavy atom. The van der Waals surface area contributed by atoms with Gasteiger partial charge in [-0.15, -0.1) is 0 Å². The average molecular weight is 349 g/mol. The molecule has 0 unspecified atom stereocenters. The van der Waals surface area contributed by atoms with Gasteiger partial charge in [0.05, 0.1) is 18.5 Å². The molecule has 134 valence electrons. The second kappa shape index (κ2) is 8.29. The largest absolute Gasteiger partial charge is 0.495 e. The third-order valence-electron chi connectivity index (χ3n) is 4.06. The number of para-hydroxylation sites is 2. The summed E-state index contributed by atoms with van der Waals surface area (Å²) in [6.07, 6.45) is 4.50. The number of ether oxygens (including phenoxy) is 1. The average Bonchev–Trinajstić information content (AvgIpc) is 2.69. The SMILES string of the molecule is CC[C@H](C)Nc1nc(Nc2ccccc2OC)cc(-c2ccncc2)n1. The highest BCUT2D eigenvalue weighted by molar-refractivity contribution is 5.69. The van der Waals surface area contributed by atoms with Gasteiger partial charge in [-0.3, -0.25) is 4.98 Å². The van der Waals surface area contributed by atoms with Crippen molar-refractivity contribution in [2.24, 2.45) is 0 Å². The molecule has 2 heterocycles. The number of rotatable bonds is 7. The summed E-state index contributed by atoms with van der Waals surface area (Å²) >= 11 is 0. The lowest BCUT2D eigenvalue weighted by molar-refractivity contribution is 0.417. The maximum absolute atomic E-state index is 5.41. The van der Waals surface area contributed by atoms with E-state index in [1.165, 1.54) is 0 Å². The summed E-state index contributed by atoms with van der Waals surface area (Å²) in [5.74, 6) is 2.04. The Morgan fingerprint density at radius 3 is 2.58 bits per heavy atom. The van der Waals surface area contributed by atoms with Crippen LogP contribution in [0, 0.1) is 0 Å². The van der Waals surface area contributed by atoms with Gasteiger partial charge in [0.2, 0.25) is 5.95 Å². The van der Waals surface area contributed by atoms with Crippen molar-refractivity contribution in [1.29, 1.82) is 0 Å². The zero-order valence-electron chi connectivity index (χ0n) is 15.2. The van der Waals surface area contributed by atoms with Crippen LogP contribution in [0.25, 0.3) is 11.3 Å². The molecule has 0 bridgehead atoms. The fourth-order valence-electron chi connectivity index (χ4n) is 2.45. The summed E-state index contributed by atoms with van der Waals surface area (Å²) in [6, 6.07) is 13.8. The molecule has 6 nitrogen and oxygen atoms in total. The van der Waals surface area contributed by atoms with Gasteiger partial charge >= 0.3 is 0 Å². The Bertz CT molecular complexity index is 854. The Kier molecular flexibility index (Phi) is 5.63. The molecular weight excluding hydrogens is 326 g/mol. The number of hydrogen-bond acceptors (Lipinski definition) is 6. The van der Waals surface area contributed by atoms with E-state index in [4.69, 9.17) is 4.74 Å². The lowest BCUT2D eigenvalue weighted by Gasteiger charge is -2.15. The standard InChI is InChI=1S/C20H23N5O/c1-4-14(2)22-20-24-17(15-9-11-21-12-10-15)13-19(25-20)23-16-7-5-6-8-18(16)26-3/h5-14H,4H2,1-3H3,(H2,22,23,24,25)/t14-/m0/s1. The molecule has 2 N–H and O–H groups in total. The number of anilines is 3. The quantitative estimate of drug-likeness (QED) is 0.654. The minimum atomic E-state index is 0.279. The van der Waals surface area contributed by atoms with E-state index in [1.807, 2.05) is 42.5 Å². The number of methoxy groups -OCH3 is 1. The molecule has 0 aliphatic carbocycles. The number of aromatic nitrogens is 3. The van der Waals surface area contributed by atoms with Crippen molar-refractivity contribution in [2.45, 2.75) is 26.3 Å². The Labute approximate surface area is 153 Å². The van der Waals surface area contributed by atoms with Gasteiger partial charge < -0.3 is 15.4 Å². The van der Waals surface area contributed by atoms with Gasteiger partial charge in [0.15, 0.2) is 0 Å². The zero-order chi connectivity index (χ0) is 18.4. The molecular formula is C20H23N5O. The molecule has 26 heavy (non-hydrogen) atoms. The lowest BCUT2D eigenvalue weighted by Crippen LogP contribution is -2.16. The van der Waals surface area contributed by atoms with Crippen molar-refractivity contribution < 1.29 is 4.74 Å². The fourth-order valence-corrected chi connectivity index (χ4v) is 2.45. The zero-order valence-corrected chi connectivity index (χ0v) is 15.2. The number of benzene rings is 1. The first-order valence-electron chi connectivity index (χ1n) is 8.65. The van der Waals surface area contributed by atoms with Crippen molar-refractivity contribution in [3.05, 3.63) is 54.9 Å². The minimum Gasteiger partial charge on any atom is -0.495 e. The Hall–Kier alpha value is -3.15. The molecule has 1 aromatic carbocycles. The molecule has 0 radical (unpaired) electrons. The van der Waals surface area contributed by atoms with E-state index in [9.17, 15) is 0 Å². The first-order valence-corrected chi connectivity index (χ1v) is 8.65. The van der Waals surface area contributed by atoms with Gasteiger partial charge in [-0.1, -0.05) is 19.1 Å². The molecule has 3 aromatic rings. The maximum atomic E-state index is 5.41. The van der Waals surface area contributed by atoms with Crippen LogP contribution in [0.5, 0.6) is 5.75 Å². The maximum Gasteiger partial charge on any atom is 0.225 e. The highest BCUT2D eigenvalue weighted by atomic mass is 16.5. The summed E-state index contributed by atoms with van der Waals surface area (Å²) in [5, 5.41) is 6.68. The van der Waals surface area contributed by atoms with Crippen molar-refractivity contribution in [3.63, 3.8) is 0 Å². The van der Waals surface area contributed by atoms with Crippen molar-refractivity contribution in [3.8, 4) is 17.0 Å². The summed E-state index contributed by atoms with van der Waals surface area (Å²) in [7, 11) is 1.65. The highest BCUT2D eigenvalue weighted by Gasteiger charge is 2.10. The molecule has 0 aliphatic rings. The first kappa shape index (κ1) is 17.7. The van der Waals surface area contributed by atoms with E-state index < -0.39 is 0 Å². The van der Waals surface area contributed by atoms with E-state index >= 15 is 0 Å². The predicted octanol–water partition coefficient (Wildman–Crippen LogP) is 4.50. The molecule has 0 spiro atoms. The second-order valence-corrected chi connectivity index (χ2v) is 5.98. The van der Waals surface area contributed by atoms with Crippen LogP contribution in [0.15, 0.2) is 54.9 Å². The molecule has 0 fully saturated rings. The molecule has 1 atom stereocenters. The Morgan fingerprint density at radius 1 is 1.08 bits per heavy atom. The second-order valence-electron chi connectivity index (χ2n) is 5.98. The molecule has 0 saturated heterocycles. The monoisotopic (exact) mass is 349 g/mol. The predicted molar refractivity (Wildman–Crippen MR) is 105 cm³/mol. The van der Waals surface area contributed by atoms with Gasteiger partial charge in [0.1, 0.15) is 11.6 Å². The van der Waals surface area contributed by atoms with E-state index in [0.29, 0.717) is 11.8 Å². The molecule has 0 amide bonds. The summed E-state index contributed by atoms with van der Waals surface area (Å²) in [4.78, 5) is 13.3. The van der Waals surface area contributed by atoms with Crippen LogP contribution in [0.4, 0.5) is 17.5 Å². The smallest absolute Gasteiger partial charge is 0.225 e. The summed E-state index contributed by atoms with van der Waals surface area (Å²) in [6.45, 7) is 4.23. The van der Waals surface area contributed by atoms with Crippen LogP contribution < -0.4 is 15.4 Å². The van der Waals surface area contributed by atoms with Gasteiger partial charge in [-0.2, -0.15) is 4.98 Å². The molecule has 2 aromatic heterocycles. The van der Waals surface area contributed by atoms with Crippen molar-refractivity contribution in [2.75, 3.05) is 17.7 Å². The minimum absolute atomic E-state index is 0.279. The number of pyridine rings is 1. The number of hydrogen-bond donors (Lipinski definition) is 2. The number of nitrogens with one attached hydrogen (secondary N) is 2.